The molecule has 0 bridgehead atoms. The maximum Gasteiger partial charge on any atom is 0.255 e. The average molecular weight is 418 g/mol. The van der Waals surface area contributed by atoms with Crippen molar-refractivity contribution in [2.75, 3.05) is 33.3 Å². The van der Waals surface area contributed by atoms with E-state index in [9.17, 15) is 14.4 Å². The lowest BCUT2D eigenvalue weighted by molar-refractivity contribution is 0.0605. The zero-order valence-corrected chi connectivity index (χ0v) is 17.5. The maximum atomic E-state index is 13.2. The van der Waals surface area contributed by atoms with Crippen LogP contribution in [0.3, 0.4) is 0 Å². The van der Waals surface area contributed by atoms with E-state index in [2.05, 4.69) is 11.1 Å². The Bertz CT molecular complexity index is 1150. The van der Waals surface area contributed by atoms with Crippen LogP contribution in [0, 0.1) is 24.1 Å². The summed E-state index contributed by atoms with van der Waals surface area (Å²) in [6, 6.07) is 15.3. The first-order valence-corrected chi connectivity index (χ1v) is 10.1. The molecule has 0 N–H and O–H groups in total. The zero-order chi connectivity index (χ0) is 22.0. The number of hydrogen-bond acceptors (Lipinski definition) is 5. The number of aromatic nitrogens is 1. The predicted molar refractivity (Wildman–Crippen MR) is 115 cm³/mol. The summed E-state index contributed by atoms with van der Waals surface area (Å²) in [6.07, 6.45) is 0. The van der Waals surface area contributed by atoms with Crippen LogP contribution in [0.15, 0.2) is 48.5 Å². The van der Waals surface area contributed by atoms with Gasteiger partial charge >= 0.3 is 0 Å². The third-order valence-corrected chi connectivity index (χ3v) is 5.72. The topological polar surface area (TPSA) is 69.5 Å². The molecule has 1 amide bonds. The molecule has 1 fully saturated rings. The molecule has 1 atom stereocenters. The summed E-state index contributed by atoms with van der Waals surface area (Å²) >= 11 is 0. The number of ether oxygens (including phenoxy) is 1. The van der Waals surface area contributed by atoms with E-state index in [0.29, 0.717) is 37.4 Å². The minimum absolute atomic E-state index is 0.0577. The van der Waals surface area contributed by atoms with Gasteiger partial charge in [0.15, 0.2) is 0 Å². The molecule has 158 valence electrons. The molecular formula is C24H23FN4O2. The van der Waals surface area contributed by atoms with E-state index in [1.165, 1.54) is 12.1 Å². The van der Waals surface area contributed by atoms with Gasteiger partial charge in [-0.25, -0.2) is 4.39 Å². The number of aryl methyl sites for hydroxylation is 1. The second-order valence-electron chi connectivity index (χ2n) is 7.59. The van der Waals surface area contributed by atoms with Crippen molar-refractivity contribution >= 4 is 16.8 Å². The Kier molecular flexibility index (Phi) is 5.83. The summed E-state index contributed by atoms with van der Waals surface area (Å²) < 4.78 is 18.5. The summed E-state index contributed by atoms with van der Waals surface area (Å²) in [5.41, 5.74) is 2.80. The van der Waals surface area contributed by atoms with E-state index in [1.54, 1.807) is 24.1 Å². The molecule has 1 saturated heterocycles. The van der Waals surface area contributed by atoms with Crippen molar-refractivity contribution in [1.82, 2.24) is 14.8 Å². The normalized spacial score (nSPS) is 15.5. The fourth-order valence-corrected chi connectivity index (χ4v) is 3.95. The molecule has 0 aliphatic carbocycles. The van der Waals surface area contributed by atoms with Crippen LogP contribution in [-0.4, -0.2) is 54.0 Å². The van der Waals surface area contributed by atoms with Crippen molar-refractivity contribution in [3.63, 3.8) is 0 Å². The van der Waals surface area contributed by atoms with Crippen molar-refractivity contribution in [1.29, 1.82) is 5.26 Å². The molecule has 31 heavy (non-hydrogen) atoms. The molecule has 1 aliphatic rings. The van der Waals surface area contributed by atoms with Gasteiger partial charge in [-0.3, -0.25) is 14.7 Å². The van der Waals surface area contributed by atoms with Crippen LogP contribution in [0.4, 0.5) is 4.39 Å². The number of pyridine rings is 1. The summed E-state index contributed by atoms with van der Waals surface area (Å²) in [4.78, 5) is 21.6. The number of nitrogens with zero attached hydrogens (tertiary/aromatic N) is 4. The summed E-state index contributed by atoms with van der Waals surface area (Å²) in [5.74, 6) is 0.342. The van der Waals surface area contributed by atoms with Crippen molar-refractivity contribution in [2.24, 2.45) is 0 Å². The van der Waals surface area contributed by atoms with E-state index in [4.69, 9.17) is 4.74 Å². The Morgan fingerprint density at radius 3 is 2.48 bits per heavy atom. The number of hydrogen-bond donors (Lipinski definition) is 0. The molecule has 0 spiro atoms. The second kappa shape index (κ2) is 8.70. The van der Waals surface area contributed by atoms with Gasteiger partial charge in [-0.1, -0.05) is 12.1 Å². The van der Waals surface area contributed by atoms with E-state index in [0.717, 1.165) is 22.2 Å². The van der Waals surface area contributed by atoms with Gasteiger partial charge in [-0.05, 0) is 42.8 Å². The summed E-state index contributed by atoms with van der Waals surface area (Å²) in [7, 11) is 1.61. The number of piperazine rings is 1. The molecule has 4 rings (SSSR count). The SMILES string of the molecule is COc1ccc2cc(C(=O)N3CCN([C@H](C#N)c4ccc(F)cc4)CC3)c(C)nc2c1. The minimum Gasteiger partial charge on any atom is -0.497 e. The van der Waals surface area contributed by atoms with Gasteiger partial charge in [0.1, 0.15) is 17.6 Å². The Labute approximate surface area is 180 Å². The lowest BCUT2D eigenvalue weighted by Crippen LogP contribution is -2.49. The lowest BCUT2D eigenvalue weighted by atomic mass is 10.0. The molecule has 6 nitrogen and oxygen atoms in total. The number of methoxy groups -OCH3 is 1. The second-order valence-corrected chi connectivity index (χ2v) is 7.59. The number of rotatable bonds is 4. The molecule has 2 heterocycles. The number of fused-ring (bicyclic) bond motifs is 1. The zero-order valence-electron chi connectivity index (χ0n) is 17.5. The molecule has 0 unspecified atom stereocenters. The molecule has 3 aromatic rings. The van der Waals surface area contributed by atoms with Gasteiger partial charge in [0, 0.05) is 37.6 Å². The fraction of sp³-hybridized carbons (Fsp3) is 0.292. The van der Waals surface area contributed by atoms with Crippen molar-refractivity contribution in [3.8, 4) is 11.8 Å². The number of carbonyl (C=O) groups is 1. The van der Waals surface area contributed by atoms with Crippen molar-refractivity contribution < 1.29 is 13.9 Å². The monoisotopic (exact) mass is 418 g/mol. The molecule has 1 aromatic heterocycles. The number of benzene rings is 2. The number of carbonyl (C=O) groups excluding carboxylic acids is 1. The first-order valence-electron chi connectivity index (χ1n) is 10.1. The summed E-state index contributed by atoms with van der Waals surface area (Å²) in [6.45, 7) is 4.00. The third kappa shape index (κ3) is 4.21. The third-order valence-electron chi connectivity index (χ3n) is 5.72. The Balaban J connectivity index is 1.48. The highest BCUT2D eigenvalue weighted by molar-refractivity contribution is 5.98. The van der Waals surface area contributed by atoms with Gasteiger partial charge in [-0.2, -0.15) is 5.26 Å². The molecule has 1 aliphatic heterocycles. The van der Waals surface area contributed by atoms with E-state index < -0.39 is 6.04 Å². The Morgan fingerprint density at radius 2 is 1.84 bits per heavy atom. The van der Waals surface area contributed by atoms with Gasteiger partial charge in [-0.15, -0.1) is 0 Å². The molecule has 0 radical (unpaired) electrons. The molecule has 7 heteroatoms. The van der Waals surface area contributed by atoms with Crippen LogP contribution in [0.5, 0.6) is 5.75 Å². The van der Waals surface area contributed by atoms with Crippen LogP contribution in [-0.2, 0) is 0 Å². The Morgan fingerprint density at radius 1 is 1.13 bits per heavy atom. The predicted octanol–water partition coefficient (Wildman–Crippen LogP) is 3.71. The number of halogens is 1. The van der Waals surface area contributed by atoms with Crippen LogP contribution in [0.1, 0.15) is 27.7 Å². The first kappa shape index (κ1) is 20.8. The molecule has 2 aromatic carbocycles. The first-order chi connectivity index (χ1) is 15.0. The van der Waals surface area contributed by atoms with E-state index >= 15 is 0 Å². The quantitative estimate of drug-likeness (QED) is 0.646. The molecule has 0 saturated carbocycles. The van der Waals surface area contributed by atoms with Crippen LogP contribution < -0.4 is 4.74 Å². The highest BCUT2D eigenvalue weighted by Crippen LogP contribution is 2.25. The van der Waals surface area contributed by atoms with Gasteiger partial charge in [0.2, 0.25) is 0 Å². The summed E-state index contributed by atoms with van der Waals surface area (Å²) in [5, 5.41) is 10.5. The number of amides is 1. The smallest absolute Gasteiger partial charge is 0.255 e. The average Bonchev–Trinajstić information content (AvgIpc) is 2.80. The fourth-order valence-electron chi connectivity index (χ4n) is 3.95. The molecular weight excluding hydrogens is 395 g/mol. The largest absolute Gasteiger partial charge is 0.497 e. The van der Waals surface area contributed by atoms with Crippen molar-refractivity contribution in [3.05, 3.63) is 71.2 Å². The maximum absolute atomic E-state index is 13.2. The van der Waals surface area contributed by atoms with Gasteiger partial charge in [0.05, 0.1) is 30.0 Å². The van der Waals surface area contributed by atoms with Gasteiger partial charge in [0.25, 0.3) is 5.91 Å². The van der Waals surface area contributed by atoms with E-state index in [1.807, 2.05) is 36.1 Å². The minimum atomic E-state index is -0.461. The highest BCUT2D eigenvalue weighted by atomic mass is 19.1. The van der Waals surface area contributed by atoms with Crippen LogP contribution in [0.2, 0.25) is 0 Å². The van der Waals surface area contributed by atoms with Crippen molar-refractivity contribution in [2.45, 2.75) is 13.0 Å². The Hall–Kier alpha value is -3.50. The van der Waals surface area contributed by atoms with Crippen LogP contribution >= 0.6 is 0 Å². The lowest BCUT2D eigenvalue weighted by Gasteiger charge is -2.37. The van der Waals surface area contributed by atoms with Crippen LogP contribution in [0.25, 0.3) is 10.9 Å². The standard InChI is InChI=1S/C24H23FN4O2/c1-16-21(13-18-5-8-20(31-2)14-22(18)27-16)24(30)29-11-9-28(10-12-29)23(15-26)17-3-6-19(25)7-4-17/h3-8,13-14,23H,9-12H2,1-2H3/t23-/m1/s1. The highest BCUT2D eigenvalue weighted by Gasteiger charge is 2.28. The van der Waals surface area contributed by atoms with E-state index in [-0.39, 0.29) is 11.7 Å². The van der Waals surface area contributed by atoms with Gasteiger partial charge < -0.3 is 9.64 Å². The number of nitriles is 1.